The topological polar surface area (TPSA) is 57.0 Å². The van der Waals surface area contributed by atoms with Gasteiger partial charge in [-0.25, -0.2) is 4.98 Å². The van der Waals surface area contributed by atoms with Crippen molar-refractivity contribution >= 4 is 45.8 Å². The first kappa shape index (κ1) is 17.2. The van der Waals surface area contributed by atoms with E-state index in [1.54, 1.807) is 36.5 Å². The zero-order valence-corrected chi connectivity index (χ0v) is 15.8. The van der Waals surface area contributed by atoms with Crippen molar-refractivity contribution in [3.05, 3.63) is 78.5 Å². The molecule has 2 heterocycles. The third kappa shape index (κ3) is 3.88. The van der Waals surface area contributed by atoms with Gasteiger partial charge < -0.3 is 4.74 Å². The van der Waals surface area contributed by atoms with E-state index in [0.717, 1.165) is 5.56 Å². The molecule has 0 fully saturated rings. The molecule has 0 unspecified atom stereocenters. The van der Waals surface area contributed by atoms with Crippen molar-refractivity contribution in [2.75, 3.05) is 0 Å². The van der Waals surface area contributed by atoms with Crippen LogP contribution in [0.15, 0.2) is 53.6 Å². The number of halogens is 3. The number of nitrogens with zero attached hydrogens (tertiary/aromatic N) is 3. The highest BCUT2D eigenvalue weighted by atomic mass is 127. The zero-order valence-electron chi connectivity index (χ0n) is 12.1. The van der Waals surface area contributed by atoms with E-state index in [2.05, 4.69) is 10.1 Å². The average molecular weight is 474 g/mol. The third-order valence-corrected chi connectivity index (χ3v) is 4.61. The fourth-order valence-electron chi connectivity index (χ4n) is 1.94. The van der Waals surface area contributed by atoms with Crippen LogP contribution in [0.1, 0.15) is 5.56 Å². The predicted octanol–water partition coefficient (Wildman–Crippen LogP) is 4.12. The Morgan fingerprint density at radius 3 is 2.50 bits per heavy atom. The van der Waals surface area contributed by atoms with Gasteiger partial charge in [-0.3, -0.25) is 4.79 Å². The van der Waals surface area contributed by atoms with E-state index in [1.807, 2.05) is 28.7 Å². The molecule has 122 valence electrons. The molecule has 0 spiro atoms. The summed E-state index contributed by atoms with van der Waals surface area (Å²) in [6.45, 7) is 0.270. The second-order valence-corrected chi connectivity index (χ2v) is 6.70. The lowest BCUT2D eigenvalue weighted by molar-refractivity contribution is 0.300. The van der Waals surface area contributed by atoms with Gasteiger partial charge in [0.05, 0.1) is 11.9 Å². The van der Waals surface area contributed by atoms with Crippen molar-refractivity contribution in [1.82, 2.24) is 14.8 Å². The summed E-state index contributed by atoms with van der Waals surface area (Å²) in [6, 6.07) is 10.4. The van der Waals surface area contributed by atoms with Gasteiger partial charge in [0.2, 0.25) is 0 Å². The van der Waals surface area contributed by atoms with E-state index < -0.39 is 0 Å². The first-order valence-corrected chi connectivity index (χ1v) is 8.65. The van der Waals surface area contributed by atoms with Crippen LogP contribution in [0.5, 0.6) is 5.75 Å². The van der Waals surface area contributed by atoms with Crippen molar-refractivity contribution in [3.63, 3.8) is 0 Å². The van der Waals surface area contributed by atoms with E-state index in [9.17, 15) is 4.79 Å². The van der Waals surface area contributed by atoms with E-state index in [1.165, 1.54) is 10.9 Å². The van der Waals surface area contributed by atoms with Crippen LogP contribution in [0, 0.1) is 3.57 Å². The van der Waals surface area contributed by atoms with E-state index >= 15 is 0 Å². The van der Waals surface area contributed by atoms with Crippen molar-refractivity contribution in [1.29, 1.82) is 0 Å². The standard InChI is InChI=1S/C16H10Cl2IN3O2/c17-11-2-4-12(5-3-11)22-16(23)15(19)13(8-21-22)24-9-10-1-6-14(18)20-7-10/h1-8H,9H2. The van der Waals surface area contributed by atoms with Gasteiger partial charge in [0.15, 0.2) is 5.75 Å². The molecular formula is C16H10Cl2IN3O2. The number of rotatable bonds is 4. The molecule has 0 N–H and O–H groups in total. The Balaban J connectivity index is 1.83. The fraction of sp³-hybridized carbons (Fsp3) is 0.0625. The van der Waals surface area contributed by atoms with Crippen LogP contribution in [-0.2, 0) is 6.61 Å². The number of pyridine rings is 1. The Labute approximate surface area is 161 Å². The molecule has 1 aromatic carbocycles. The van der Waals surface area contributed by atoms with E-state index in [-0.39, 0.29) is 12.2 Å². The summed E-state index contributed by atoms with van der Waals surface area (Å²) in [5, 5.41) is 5.17. The van der Waals surface area contributed by atoms with Crippen LogP contribution in [0.3, 0.4) is 0 Å². The second-order valence-electron chi connectivity index (χ2n) is 4.79. The smallest absolute Gasteiger partial charge is 0.288 e. The number of benzene rings is 1. The first-order chi connectivity index (χ1) is 11.5. The normalized spacial score (nSPS) is 10.6. The van der Waals surface area contributed by atoms with Gasteiger partial charge in [0, 0.05) is 16.8 Å². The largest absolute Gasteiger partial charge is 0.486 e. The number of ether oxygens (including phenoxy) is 1. The Hall–Kier alpha value is -1.64. The van der Waals surface area contributed by atoms with Gasteiger partial charge in [-0.15, -0.1) is 0 Å². The second kappa shape index (κ2) is 7.50. The van der Waals surface area contributed by atoms with Gasteiger partial charge in [0.25, 0.3) is 5.56 Å². The Kier molecular flexibility index (Phi) is 5.37. The van der Waals surface area contributed by atoms with Gasteiger partial charge in [0.1, 0.15) is 15.3 Å². The number of hydrogen-bond acceptors (Lipinski definition) is 4. The summed E-state index contributed by atoms with van der Waals surface area (Å²) in [5.74, 6) is 0.417. The molecule has 24 heavy (non-hydrogen) atoms. The molecule has 0 atom stereocenters. The summed E-state index contributed by atoms with van der Waals surface area (Å²) >= 11 is 13.6. The molecule has 0 saturated carbocycles. The molecule has 0 radical (unpaired) electrons. The SMILES string of the molecule is O=c1c(I)c(OCc2ccc(Cl)nc2)cnn1-c1ccc(Cl)cc1. The molecule has 0 aliphatic rings. The fourth-order valence-corrected chi connectivity index (χ4v) is 2.70. The van der Waals surface area contributed by atoms with Crippen LogP contribution in [0.25, 0.3) is 5.69 Å². The van der Waals surface area contributed by atoms with Gasteiger partial charge >= 0.3 is 0 Å². The van der Waals surface area contributed by atoms with Gasteiger partial charge in [-0.2, -0.15) is 9.78 Å². The minimum absolute atomic E-state index is 0.260. The first-order valence-electron chi connectivity index (χ1n) is 6.81. The van der Waals surface area contributed by atoms with E-state index in [0.29, 0.717) is 25.2 Å². The molecule has 3 rings (SSSR count). The quantitative estimate of drug-likeness (QED) is 0.422. The Bertz CT molecular complexity index is 912. The predicted molar refractivity (Wildman–Crippen MR) is 101 cm³/mol. The maximum atomic E-state index is 12.5. The van der Waals surface area contributed by atoms with Gasteiger partial charge in [-0.05, 0) is 52.9 Å². The molecular weight excluding hydrogens is 464 g/mol. The van der Waals surface area contributed by atoms with Crippen molar-refractivity contribution in [2.45, 2.75) is 6.61 Å². The van der Waals surface area contributed by atoms with Crippen LogP contribution in [0.4, 0.5) is 0 Å². The summed E-state index contributed by atoms with van der Waals surface area (Å²) in [6.07, 6.45) is 3.14. The molecule has 0 aliphatic carbocycles. The molecule has 0 aliphatic heterocycles. The minimum atomic E-state index is -0.260. The lowest BCUT2D eigenvalue weighted by Gasteiger charge is -2.10. The molecule has 8 heteroatoms. The van der Waals surface area contributed by atoms with Crippen molar-refractivity contribution in [2.24, 2.45) is 0 Å². The van der Waals surface area contributed by atoms with E-state index in [4.69, 9.17) is 27.9 Å². The number of hydrogen-bond donors (Lipinski definition) is 0. The lowest BCUT2D eigenvalue weighted by atomic mass is 10.3. The van der Waals surface area contributed by atoms with Crippen molar-refractivity contribution < 1.29 is 4.74 Å². The highest BCUT2D eigenvalue weighted by Gasteiger charge is 2.11. The molecule has 2 aromatic heterocycles. The summed E-state index contributed by atoms with van der Waals surface area (Å²) in [7, 11) is 0. The van der Waals surface area contributed by atoms with Crippen LogP contribution >= 0.6 is 45.8 Å². The van der Waals surface area contributed by atoms with Gasteiger partial charge in [-0.1, -0.05) is 29.3 Å². The molecule has 3 aromatic rings. The molecule has 0 saturated heterocycles. The van der Waals surface area contributed by atoms with Crippen LogP contribution < -0.4 is 10.3 Å². The molecule has 0 bridgehead atoms. The maximum absolute atomic E-state index is 12.5. The number of aromatic nitrogens is 3. The highest BCUT2D eigenvalue weighted by Crippen LogP contribution is 2.19. The van der Waals surface area contributed by atoms with Crippen molar-refractivity contribution in [3.8, 4) is 11.4 Å². The maximum Gasteiger partial charge on any atom is 0.288 e. The lowest BCUT2D eigenvalue weighted by Crippen LogP contribution is -2.24. The monoisotopic (exact) mass is 473 g/mol. The molecule has 5 nitrogen and oxygen atoms in total. The van der Waals surface area contributed by atoms with Crippen LogP contribution in [0.2, 0.25) is 10.2 Å². The summed E-state index contributed by atoms with van der Waals surface area (Å²) in [4.78, 5) is 16.5. The average Bonchev–Trinajstić information content (AvgIpc) is 2.59. The third-order valence-electron chi connectivity index (χ3n) is 3.14. The Morgan fingerprint density at radius 2 is 1.83 bits per heavy atom. The zero-order chi connectivity index (χ0) is 17.1. The summed E-state index contributed by atoms with van der Waals surface area (Å²) in [5.41, 5.74) is 1.22. The Morgan fingerprint density at radius 1 is 1.08 bits per heavy atom. The van der Waals surface area contributed by atoms with Crippen LogP contribution in [-0.4, -0.2) is 14.8 Å². The molecule has 0 amide bonds. The highest BCUT2D eigenvalue weighted by molar-refractivity contribution is 14.1. The minimum Gasteiger partial charge on any atom is -0.486 e. The summed E-state index contributed by atoms with van der Waals surface area (Å²) < 4.78 is 7.41.